The average Bonchev–Trinajstić information content (AvgIpc) is 2.74. The van der Waals surface area contributed by atoms with Crippen LogP contribution in [0.5, 0.6) is 5.75 Å². The van der Waals surface area contributed by atoms with Crippen molar-refractivity contribution >= 4 is 17.3 Å². The second-order valence-electron chi connectivity index (χ2n) is 3.08. The first kappa shape index (κ1) is 11.3. The first-order valence-electron chi connectivity index (χ1n) is 4.51. The Balaban J connectivity index is 2.51. The number of pyridine rings is 1. The van der Waals surface area contributed by atoms with Crippen LogP contribution in [0.3, 0.4) is 0 Å². The van der Waals surface area contributed by atoms with Gasteiger partial charge >= 0.3 is 0 Å². The van der Waals surface area contributed by atoms with Gasteiger partial charge in [0.2, 0.25) is 0 Å². The van der Waals surface area contributed by atoms with Crippen molar-refractivity contribution in [3.05, 3.63) is 33.7 Å². The number of aromatic amines is 1. The first-order chi connectivity index (χ1) is 8.11. The Labute approximate surface area is 101 Å². The normalized spacial score (nSPS) is 10.2. The second-order valence-corrected chi connectivity index (χ2v) is 3.49. The molecule has 0 atom stereocenters. The smallest absolute Gasteiger partial charge is 0.291 e. The molecule has 0 saturated heterocycles. The van der Waals surface area contributed by atoms with Gasteiger partial charge in [-0.25, -0.2) is 9.97 Å². The lowest BCUT2D eigenvalue weighted by Crippen LogP contribution is -1.96. The Bertz CT molecular complexity index is 569. The highest BCUT2D eigenvalue weighted by atomic mass is 35.5. The van der Waals surface area contributed by atoms with E-state index in [-0.39, 0.29) is 11.4 Å². The number of nitrogens with zero attached hydrogens (tertiary/aromatic N) is 3. The van der Waals surface area contributed by atoms with Gasteiger partial charge in [0.1, 0.15) is 17.0 Å². The minimum Gasteiger partial charge on any atom is -0.494 e. The number of nitro groups is 1. The summed E-state index contributed by atoms with van der Waals surface area (Å²) in [5, 5.41) is 10.9. The van der Waals surface area contributed by atoms with Crippen LogP contribution in [0.4, 0.5) is 5.69 Å². The van der Waals surface area contributed by atoms with Gasteiger partial charge in [-0.3, -0.25) is 10.1 Å². The molecule has 2 rings (SSSR count). The number of hydrogen-bond acceptors (Lipinski definition) is 5. The highest BCUT2D eigenvalue weighted by Gasteiger charge is 2.16. The van der Waals surface area contributed by atoms with Gasteiger partial charge in [-0.2, -0.15) is 0 Å². The van der Waals surface area contributed by atoms with Crippen molar-refractivity contribution in [3.8, 4) is 17.3 Å². The van der Waals surface area contributed by atoms with Crippen LogP contribution in [0.15, 0.2) is 18.5 Å². The molecule has 8 heteroatoms. The quantitative estimate of drug-likeness (QED) is 0.668. The molecule has 2 heterocycles. The lowest BCUT2D eigenvalue weighted by Gasteiger charge is -2.04. The molecule has 0 bridgehead atoms. The molecule has 0 aliphatic rings. The summed E-state index contributed by atoms with van der Waals surface area (Å²) in [4.78, 5) is 20.7. The van der Waals surface area contributed by atoms with Gasteiger partial charge < -0.3 is 9.72 Å². The van der Waals surface area contributed by atoms with Crippen LogP contribution in [0.25, 0.3) is 11.5 Å². The van der Waals surface area contributed by atoms with Crippen molar-refractivity contribution in [2.24, 2.45) is 0 Å². The molecule has 2 aromatic heterocycles. The lowest BCUT2D eigenvalue weighted by atomic mass is 10.3. The molecule has 7 nitrogen and oxygen atoms in total. The van der Waals surface area contributed by atoms with Gasteiger partial charge in [0.05, 0.1) is 24.3 Å². The number of imidazole rings is 1. The van der Waals surface area contributed by atoms with E-state index in [0.29, 0.717) is 16.7 Å². The van der Waals surface area contributed by atoms with E-state index in [2.05, 4.69) is 15.0 Å². The van der Waals surface area contributed by atoms with E-state index in [1.807, 2.05) is 0 Å². The summed E-state index contributed by atoms with van der Waals surface area (Å²) in [6.07, 6.45) is 2.55. The van der Waals surface area contributed by atoms with E-state index in [1.165, 1.54) is 19.4 Å². The standard InChI is InChI=1S/C9H7ClN4O3/c1-17-6-2-5(14(15)16)3-11-8(6)9-12-4-7(10)13-9/h2-4H,1H3,(H,12,13). The fraction of sp³-hybridized carbons (Fsp3) is 0.111. The second kappa shape index (κ2) is 4.38. The monoisotopic (exact) mass is 254 g/mol. The molecule has 0 fully saturated rings. The van der Waals surface area contributed by atoms with Crippen molar-refractivity contribution in [3.63, 3.8) is 0 Å². The van der Waals surface area contributed by atoms with Crippen molar-refractivity contribution in [1.29, 1.82) is 0 Å². The van der Waals surface area contributed by atoms with Gasteiger partial charge in [-0.15, -0.1) is 0 Å². The van der Waals surface area contributed by atoms with Gasteiger partial charge in [0, 0.05) is 0 Å². The summed E-state index contributed by atoms with van der Waals surface area (Å²) in [7, 11) is 1.40. The van der Waals surface area contributed by atoms with Crippen molar-refractivity contribution in [2.45, 2.75) is 0 Å². The maximum absolute atomic E-state index is 10.6. The number of rotatable bonds is 3. The maximum atomic E-state index is 10.6. The van der Waals surface area contributed by atoms with Crippen LogP contribution in [0.2, 0.25) is 5.15 Å². The summed E-state index contributed by atoms with van der Waals surface area (Å²) >= 11 is 5.69. The van der Waals surface area contributed by atoms with E-state index in [4.69, 9.17) is 16.3 Å². The molecule has 0 aliphatic heterocycles. The van der Waals surface area contributed by atoms with Crippen LogP contribution in [0.1, 0.15) is 0 Å². The third-order valence-electron chi connectivity index (χ3n) is 2.04. The zero-order chi connectivity index (χ0) is 12.4. The van der Waals surface area contributed by atoms with Crippen molar-refractivity contribution in [1.82, 2.24) is 15.0 Å². The summed E-state index contributed by atoms with van der Waals surface area (Å²) in [6.45, 7) is 0. The largest absolute Gasteiger partial charge is 0.494 e. The molecule has 0 unspecified atom stereocenters. The zero-order valence-electron chi connectivity index (χ0n) is 8.68. The number of aromatic nitrogens is 3. The first-order valence-corrected chi connectivity index (χ1v) is 4.89. The minimum absolute atomic E-state index is 0.150. The molecule has 0 aliphatic carbocycles. The van der Waals surface area contributed by atoms with Gasteiger partial charge in [0.25, 0.3) is 5.69 Å². The number of methoxy groups -OCH3 is 1. The molecular formula is C9H7ClN4O3. The summed E-state index contributed by atoms with van der Waals surface area (Å²) in [5.74, 6) is 0.645. The van der Waals surface area contributed by atoms with Crippen LogP contribution < -0.4 is 4.74 Å². The van der Waals surface area contributed by atoms with Crippen LogP contribution >= 0.6 is 11.6 Å². The van der Waals surface area contributed by atoms with E-state index in [0.717, 1.165) is 6.20 Å². The van der Waals surface area contributed by atoms with E-state index >= 15 is 0 Å². The fourth-order valence-electron chi connectivity index (χ4n) is 1.29. The van der Waals surface area contributed by atoms with Gasteiger partial charge in [-0.1, -0.05) is 11.6 Å². The topological polar surface area (TPSA) is 93.9 Å². The predicted octanol–water partition coefficient (Wildman–Crippen LogP) is 2.04. The third-order valence-corrected chi connectivity index (χ3v) is 2.23. The Kier molecular flexibility index (Phi) is 2.92. The van der Waals surface area contributed by atoms with E-state index in [1.54, 1.807) is 0 Å². The third kappa shape index (κ3) is 2.18. The Morgan fingerprint density at radius 1 is 1.47 bits per heavy atom. The maximum Gasteiger partial charge on any atom is 0.291 e. The van der Waals surface area contributed by atoms with Crippen LogP contribution in [0, 0.1) is 10.1 Å². The zero-order valence-corrected chi connectivity index (χ0v) is 9.43. The number of hydrogen-bond donors (Lipinski definition) is 1. The Morgan fingerprint density at radius 3 is 2.76 bits per heavy atom. The molecule has 0 spiro atoms. The molecule has 17 heavy (non-hydrogen) atoms. The molecule has 1 N–H and O–H groups in total. The van der Waals surface area contributed by atoms with E-state index in [9.17, 15) is 10.1 Å². The highest BCUT2D eigenvalue weighted by Crippen LogP contribution is 2.29. The van der Waals surface area contributed by atoms with Crippen molar-refractivity contribution in [2.75, 3.05) is 7.11 Å². The molecular weight excluding hydrogens is 248 g/mol. The molecule has 0 amide bonds. The number of ether oxygens (including phenoxy) is 1. The Hall–Kier alpha value is -2.15. The van der Waals surface area contributed by atoms with Crippen LogP contribution in [-0.2, 0) is 0 Å². The predicted molar refractivity (Wildman–Crippen MR) is 60.0 cm³/mol. The Morgan fingerprint density at radius 2 is 2.24 bits per heavy atom. The summed E-state index contributed by atoms with van der Waals surface area (Å²) in [5.41, 5.74) is 0.216. The average molecular weight is 255 g/mol. The number of nitrogens with one attached hydrogen (secondary N) is 1. The summed E-state index contributed by atoms with van der Waals surface area (Å²) < 4.78 is 5.03. The highest BCUT2D eigenvalue weighted by molar-refractivity contribution is 6.29. The molecule has 88 valence electrons. The lowest BCUT2D eigenvalue weighted by molar-refractivity contribution is -0.385. The number of H-pyrrole nitrogens is 1. The van der Waals surface area contributed by atoms with E-state index < -0.39 is 4.92 Å². The molecule has 0 radical (unpaired) electrons. The van der Waals surface area contributed by atoms with Gasteiger partial charge in [-0.05, 0) is 0 Å². The SMILES string of the molecule is COc1cc([N+](=O)[O-])cnc1-c1ncc(Cl)[nH]1. The number of halogens is 1. The molecule has 2 aromatic rings. The fourth-order valence-corrected chi connectivity index (χ4v) is 1.43. The summed E-state index contributed by atoms with van der Waals surface area (Å²) in [6, 6.07) is 1.28. The van der Waals surface area contributed by atoms with Gasteiger partial charge in [0.15, 0.2) is 11.6 Å². The van der Waals surface area contributed by atoms with Crippen LogP contribution in [-0.4, -0.2) is 27.0 Å². The minimum atomic E-state index is -0.547. The molecule has 0 saturated carbocycles. The molecule has 0 aromatic carbocycles. The van der Waals surface area contributed by atoms with Crippen molar-refractivity contribution < 1.29 is 9.66 Å².